The van der Waals surface area contributed by atoms with Crippen LogP contribution >= 0.6 is 0 Å². The van der Waals surface area contributed by atoms with Gasteiger partial charge in [0, 0.05) is 12.6 Å². The molecule has 2 rings (SSSR count). The van der Waals surface area contributed by atoms with Gasteiger partial charge in [-0.25, -0.2) is 0 Å². The molecule has 0 aliphatic heterocycles. The molecule has 0 aliphatic rings. The molecule has 5 heteroatoms. The summed E-state index contributed by atoms with van der Waals surface area (Å²) in [7, 11) is 0. The van der Waals surface area contributed by atoms with E-state index in [1.54, 1.807) is 13.0 Å². The van der Waals surface area contributed by atoms with Gasteiger partial charge in [0.25, 0.3) is 5.89 Å². The van der Waals surface area contributed by atoms with Crippen molar-refractivity contribution in [2.24, 2.45) is 0 Å². The zero-order chi connectivity index (χ0) is 11.5. The Morgan fingerprint density at radius 3 is 2.75 bits per heavy atom. The number of hydrogen-bond acceptors (Lipinski definition) is 5. The molecule has 5 nitrogen and oxygen atoms in total. The third kappa shape index (κ3) is 2.31. The van der Waals surface area contributed by atoms with Crippen molar-refractivity contribution in [3.8, 4) is 5.75 Å². The molecule has 0 spiro atoms. The second-order valence-electron chi connectivity index (χ2n) is 3.53. The molecule has 0 atom stereocenters. The number of nitrogen functional groups attached to an aromatic ring is 1. The van der Waals surface area contributed by atoms with Gasteiger partial charge < -0.3 is 14.9 Å². The minimum Gasteiger partial charge on any atom is -0.484 e. The van der Waals surface area contributed by atoms with E-state index in [0.717, 1.165) is 17.0 Å². The normalized spacial score (nSPS) is 10.4. The summed E-state index contributed by atoms with van der Waals surface area (Å²) in [6.07, 6.45) is 0. The fourth-order valence-electron chi connectivity index (χ4n) is 1.37. The van der Waals surface area contributed by atoms with Crippen molar-refractivity contribution in [3.63, 3.8) is 0 Å². The van der Waals surface area contributed by atoms with Gasteiger partial charge in [-0.1, -0.05) is 0 Å². The van der Waals surface area contributed by atoms with Crippen molar-refractivity contribution in [1.29, 1.82) is 0 Å². The lowest BCUT2D eigenvalue weighted by Gasteiger charge is -2.07. The summed E-state index contributed by atoms with van der Waals surface area (Å²) < 4.78 is 10.7. The van der Waals surface area contributed by atoms with Crippen LogP contribution in [-0.4, -0.2) is 10.2 Å². The molecule has 1 aromatic heterocycles. The summed E-state index contributed by atoms with van der Waals surface area (Å²) in [6, 6.07) is 5.48. The molecule has 1 heterocycles. The molecule has 0 saturated heterocycles. The molecule has 0 unspecified atom stereocenters. The van der Waals surface area contributed by atoms with Crippen molar-refractivity contribution in [3.05, 3.63) is 35.5 Å². The van der Waals surface area contributed by atoms with Crippen LogP contribution in [0.25, 0.3) is 0 Å². The van der Waals surface area contributed by atoms with Gasteiger partial charge in [-0.05, 0) is 30.7 Å². The Morgan fingerprint density at radius 1 is 1.31 bits per heavy atom. The van der Waals surface area contributed by atoms with Gasteiger partial charge in [0.05, 0.1) is 0 Å². The van der Waals surface area contributed by atoms with Crippen molar-refractivity contribution >= 4 is 5.69 Å². The summed E-state index contributed by atoms with van der Waals surface area (Å²) in [4.78, 5) is 0. The van der Waals surface area contributed by atoms with E-state index in [1.807, 2.05) is 19.1 Å². The first-order valence-electron chi connectivity index (χ1n) is 4.93. The van der Waals surface area contributed by atoms with E-state index in [4.69, 9.17) is 14.9 Å². The number of ether oxygens (including phenoxy) is 1. The van der Waals surface area contributed by atoms with E-state index in [0.29, 0.717) is 11.8 Å². The molecule has 2 aromatic rings. The fraction of sp³-hybridized carbons (Fsp3) is 0.273. The van der Waals surface area contributed by atoms with Crippen molar-refractivity contribution in [2.45, 2.75) is 20.5 Å². The van der Waals surface area contributed by atoms with Crippen molar-refractivity contribution < 1.29 is 9.15 Å². The SMILES string of the molecule is Cc1nnc(COc2ccc(N)cc2C)o1. The van der Waals surface area contributed by atoms with Gasteiger partial charge in [0.2, 0.25) is 5.89 Å². The molecule has 0 amide bonds. The minimum atomic E-state index is 0.269. The molecule has 0 bridgehead atoms. The van der Waals surface area contributed by atoms with Crippen molar-refractivity contribution in [1.82, 2.24) is 10.2 Å². The lowest BCUT2D eigenvalue weighted by atomic mass is 10.2. The van der Waals surface area contributed by atoms with Gasteiger partial charge in [-0.15, -0.1) is 10.2 Å². The summed E-state index contributed by atoms with van der Waals surface area (Å²) in [5.74, 6) is 1.77. The van der Waals surface area contributed by atoms with Crippen LogP contribution in [0, 0.1) is 13.8 Å². The van der Waals surface area contributed by atoms with Crippen LogP contribution in [-0.2, 0) is 6.61 Å². The van der Waals surface area contributed by atoms with Crippen LogP contribution in [0.15, 0.2) is 22.6 Å². The van der Waals surface area contributed by atoms with E-state index >= 15 is 0 Å². The summed E-state index contributed by atoms with van der Waals surface area (Å²) in [6.45, 7) is 3.95. The Hall–Kier alpha value is -2.04. The highest BCUT2D eigenvalue weighted by Gasteiger charge is 2.05. The predicted molar refractivity (Wildman–Crippen MR) is 59.0 cm³/mol. The molecule has 0 radical (unpaired) electrons. The molecule has 1 aromatic carbocycles. The monoisotopic (exact) mass is 219 g/mol. The van der Waals surface area contributed by atoms with Gasteiger partial charge in [-0.3, -0.25) is 0 Å². The molecule has 84 valence electrons. The Labute approximate surface area is 93.2 Å². The van der Waals surface area contributed by atoms with E-state index in [9.17, 15) is 0 Å². The fourth-order valence-corrected chi connectivity index (χ4v) is 1.37. The maximum absolute atomic E-state index is 5.64. The number of benzene rings is 1. The third-order valence-corrected chi connectivity index (χ3v) is 2.12. The third-order valence-electron chi connectivity index (χ3n) is 2.12. The van der Waals surface area contributed by atoms with Crippen LogP contribution in [0.2, 0.25) is 0 Å². The average molecular weight is 219 g/mol. The number of hydrogen-bond donors (Lipinski definition) is 1. The molecule has 0 saturated carbocycles. The number of aryl methyl sites for hydroxylation is 2. The molecule has 0 fully saturated rings. The number of anilines is 1. The molecule has 0 aliphatic carbocycles. The first-order chi connectivity index (χ1) is 7.65. The Kier molecular flexibility index (Phi) is 2.76. The topological polar surface area (TPSA) is 74.2 Å². The standard InChI is InChI=1S/C11H13N3O2/c1-7-5-9(12)3-4-10(7)15-6-11-14-13-8(2)16-11/h3-5H,6,12H2,1-2H3. The maximum Gasteiger partial charge on any atom is 0.253 e. The first-order valence-corrected chi connectivity index (χ1v) is 4.93. The van der Waals surface area contributed by atoms with Crippen molar-refractivity contribution in [2.75, 3.05) is 5.73 Å². The average Bonchev–Trinajstić information content (AvgIpc) is 2.63. The van der Waals surface area contributed by atoms with Crippen LogP contribution in [0.4, 0.5) is 5.69 Å². The summed E-state index contributed by atoms with van der Waals surface area (Å²) >= 11 is 0. The Bertz CT molecular complexity index is 494. The highest BCUT2D eigenvalue weighted by atomic mass is 16.5. The molecule has 2 N–H and O–H groups in total. The largest absolute Gasteiger partial charge is 0.484 e. The predicted octanol–water partition coefficient (Wildman–Crippen LogP) is 1.85. The number of nitrogens with two attached hydrogens (primary N) is 1. The lowest BCUT2D eigenvalue weighted by Crippen LogP contribution is -1.98. The van der Waals surface area contributed by atoms with Gasteiger partial charge in [0.1, 0.15) is 5.75 Å². The zero-order valence-corrected chi connectivity index (χ0v) is 9.23. The second-order valence-corrected chi connectivity index (χ2v) is 3.53. The Balaban J connectivity index is 2.04. The smallest absolute Gasteiger partial charge is 0.253 e. The van der Waals surface area contributed by atoms with E-state index < -0.39 is 0 Å². The number of aromatic nitrogens is 2. The highest BCUT2D eigenvalue weighted by molar-refractivity contribution is 5.47. The van der Waals surface area contributed by atoms with Crippen LogP contribution < -0.4 is 10.5 Å². The van der Waals surface area contributed by atoms with Gasteiger partial charge in [0.15, 0.2) is 6.61 Å². The quantitative estimate of drug-likeness (QED) is 0.797. The number of nitrogens with zero attached hydrogens (tertiary/aromatic N) is 2. The molecular formula is C11H13N3O2. The van der Waals surface area contributed by atoms with Crippen LogP contribution in [0.3, 0.4) is 0 Å². The van der Waals surface area contributed by atoms with Gasteiger partial charge >= 0.3 is 0 Å². The second kappa shape index (κ2) is 4.22. The lowest BCUT2D eigenvalue weighted by molar-refractivity contribution is 0.259. The van der Waals surface area contributed by atoms with E-state index in [-0.39, 0.29) is 6.61 Å². The Morgan fingerprint density at radius 2 is 2.12 bits per heavy atom. The minimum absolute atomic E-state index is 0.269. The first kappa shape index (κ1) is 10.5. The number of rotatable bonds is 3. The molecule has 16 heavy (non-hydrogen) atoms. The van der Waals surface area contributed by atoms with Crippen LogP contribution in [0.5, 0.6) is 5.75 Å². The van der Waals surface area contributed by atoms with E-state index in [1.165, 1.54) is 0 Å². The van der Waals surface area contributed by atoms with E-state index in [2.05, 4.69) is 10.2 Å². The highest BCUT2D eigenvalue weighted by Crippen LogP contribution is 2.20. The zero-order valence-electron chi connectivity index (χ0n) is 9.23. The molecular weight excluding hydrogens is 206 g/mol. The summed E-state index contributed by atoms with van der Waals surface area (Å²) in [5, 5.41) is 7.56. The summed E-state index contributed by atoms with van der Waals surface area (Å²) in [5.41, 5.74) is 7.35. The maximum atomic E-state index is 5.64. The van der Waals surface area contributed by atoms with Crippen LogP contribution in [0.1, 0.15) is 17.3 Å². The van der Waals surface area contributed by atoms with Gasteiger partial charge in [-0.2, -0.15) is 0 Å².